The number of hydrogen-bond acceptors (Lipinski definition) is 5. The van der Waals surface area contributed by atoms with Gasteiger partial charge in [0.15, 0.2) is 10.8 Å². The van der Waals surface area contributed by atoms with E-state index in [1.54, 1.807) is 13.2 Å². The Kier molecular flexibility index (Phi) is 3.80. The third-order valence-electron chi connectivity index (χ3n) is 3.08. The molecule has 6 nitrogen and oxygen atoms in total. The highest BCUT2D eigenvalue weighted by Crippen LogP contribution is 2.20. The Morgan fingerprint density at radius 2 is 1.86 bits per heavy atom. The summed E-state index contributed by atoms with van der Waals surface area (Å²) in [6, 6.07) is 11.1. The van der Waals surface area contributed by atoms with Gasteiger partial charge in [-0.2, -0.15) is 0 Å². The lowest BCUT2D eigenvalue weighted by atomic mass is 10.1. The minimum atomic E-state index is 0.495. The first-order chi connectivity index (χ1) is 10.7. The molecule has 0 aliphatic heterocycles. The van der Waals surface area contributed by atoms with Gasteiger partial charge in [0.25, 0.3) is 0 Å². The van der Waals surface area contributed by atoms with Crippen LogP contribution in [0.3, 0.4) is 0 Å². The molecule has 1 aromatic carbocycles. The van der Waals surface area contributed by atoms with Gasteiger partial charge in [0.1, 0.15) is 11.3 Å². The zero-order valence-electron chi connectivity index (χ0n) is 11.9. The number of nitrogens with two attached hydrogens (primary N) is 1. The zero-order chi connectivity index (χ0) is 15.5. The summed E-state index contributed by atoms with van der Waals surface area (Å²) in [7, 11) is 1.75. The van der Waals surface area contributed by atoms with Crippen molar-refractivity contribution in [3.63, 3.8) is 0 Å². The maximum atomic E-state index is 5.70. The smallest absolute Gasteiger partial charge is 0.180 e. The van der Waals surface area contributed by atoms with Crippen LogP contribution in [0.4, 0.5) is 11.5 Å². The summed E-state index contributed by atoms with van der Waals surface area (Å²) in [5.41, 5.74) is 9.37. The molecule has 0 fully saturated rings. The van der Waals surface area contributed by atoms with E-state index in [4.69, 9.17) is 18.0 Å². The van der Waals surface area contributed by atoms with Crippen molar-refractivity contribution in [2.75, 3.05) is 18.1 Å². The van der Waals surface area contributed by atoms with Crippen LogP contribution in [0.15, 0.2) is 42.6 Å². The van der Waals surface area contributed by atoms with Crippen molar-refractivity contribution in [3.8, 4) is 11.3 Å². The Balaban J connectivity index is 2.00. The first kappa shape index (κ1) is 14.2. The third-order valence-corrected chi connectivity index (χ3v) is 3.39. The highest BCUT2D eigenvalue weighted by atomic mass is 32.1. The number of rotatable bonds is 2. The Bertz CT molecular complexity index is 831. The Labute approximate surface area is 132 Å². The number of fused-ring (bicyclic) bond motifs is 1. The van der Waals surface area contributed by atoms with Crippen molar-refractivity contribution in [2.24, 2.45) is 0 Å². The molecule has 7 heteroatoms. The number of anilines is 2. The first-order valence-corrected chi connectivity index (χ1v) is 7.05. The van der Waals surface area contributed by atoms with Gasteiger partial charge in [0.2, 0.25) is 0 Å². The van der Waals surface area contributed by atoms with Crippen molar-refractivity contribution in [1.82, 2.24) is 20.3 Å². The average molecular weight is 310 g/mol. The summed E-state index contributed by atoms with van der Waals surface area (Å²) in [6.07, 6.45) is 1.72. The second kappa shape index (κ2) is 5.90. The van der Waals surface area contributed by atoms with Crippen LogP contribution in [0, 0.1) is 0 Å². The Morgan fingerprint density at radius 3 is 2.59 bits per heavy atom. The number of thiocarbonyl (C=S) groups is 1. The zero-order valence-corrected chi connectivity index (χ0v) is 12.7. The van der Waals surface area contributed by atoms with Gasteiger partial charge in [0.05, 0.1) is 11.9 Å². The Hall–Kier alpha value is -2.80. The van der Waals surface area contributed by atoms with Gasteiger partial charge >= 0.3 is 0 Å². The van der Waals surface area contributed by atoms with E-state index in [-0.39, 0.29) is 0 Å². The highest BCUT2D eigenvalue weighted by Gasteiger charge is 2.05. The number of aromatic nitrogens is 3. The lowest BCUT2D eigenvalue weighted by molar-refractivity contribution is 1.18. The van der Waals surface area contributed by atoms with E-state index in [2.05, 4.69) is 25.6 Å². The SMILES string of the molecule is CNC(=S)Nc1ccc2ncc(-c3ccc(N)cc3)nc2n1. The van der Waals surface area contributed by atoms with Crippen LogP contribution in [0.1, 0.15) is 0 Å². The van der Waals surface area contributed by atoms with Crippen LogP contribution in [-0.4, -0.2) is 27.1 Å². The van der Waals surface area contributed by atoms with E-state index in [0.29, 0.717) is 22.3 Å². The van der Waals surface area contributed by atoms with Crippen LogP contribution in [-0.2, 0) is 0 Å². The molecule has 22 heavy (non-hydrogen) atoms. The fourth-order valence-corrected chi connectivity index (χ4v) is 2.04. The number of pyridine rings is 1. The Morgan fingerprint density at radius 1 is 1.09 bits per heavy atom. The summed E-state index contributed by atoms with van der Waals surface area (Å²) < 4.78 is 0. The molecule has 0 radical (unpaired) electrons. The predicted molar refractivity (Wildman–Crippen MR) is 92.5 cm³/mol. The average Bonchev–Trinajstić information content (AvgIpc) is 2.54. The minimum Gasteiger partial charge on any atom is -0.399 e. The molecule has 3 aromatic rings. The van der Waals surface area contributed by atoms with Gasteiger partial charge in [-0.25, -0.2) is 9.97 Å². The molecule has 0 unspecified atom stereocenters. The number of nitrogen functional groups attached to an aromatic ring is 1. The second-order valence-corrected chi connectivity index (χ2v) is 5.03. The highest BCUT2D eigenvalue weighted by molar-refractivity contribution is 7.80. The molecule has 0 atom stereocenters. The largest absolute Gasteiger partial charge is 0.399 e. The van der Waals surface area contributed by atoms with Crippen LogP contribution in [0.25, 0.3) is 22.4 Å². The maximum Gasteiger partial charge on any atom is 0.180 e. The third kappa shape index (κ3) is 2.94. The maximum absolute atomic E-state index is 5.70. The van der Waals surface area contributed by atoms with Gasteiger partial charge in [-0.1, -0.05) is 12.1 Å². The molecule has 2 aromatic heterocycles. The predicted octanol–water partition coefficient (Wildman–Crippen LogP) is 2.19. The molecular formula is C15H14N6S. The van der Waals surface area contributed by atoms with Crippen LogP contribution in [0.2, 0.25) is 0 Å². The summed E-state index contributed by atoms with van der Waals surface area (Å²) in [4.78, 5) is 13.4. The topological polar surface area (TPSA) is 88.8 Å². The molecule has 110 valence electrons. The van der Waals surface area contributed by atoms with Crippen LogP contribution >= 0.6 is 12.2 Å². The van der Waals surface area contributed by atoms with Crippen LogP contribution in [0.5, 0.6) is 0 Å². The molecule has 2 heterocycles. The fourth-order valence-electron chi connectivity index (χ4n) is 1.94. The second-order valence-electron chi connectivity index (χ2n) is 4.62. The minimum absolute atomic E-state index is 0.495. The van der Waals surface area contributed by atoms with E-state index < -0.39 is 0 Å². The molecule has 0 bridgehead atoms. The van der Waals surface area contributed by atoms with Crippen molar-refractivity contribution < 1.29 is 0 Å². The monoisotopic (exact) mass is 310 g/mol. The number of nitrogens with zero attached hydrogens (tertiary/aromatic N) is 3. The fraction of sp³-hybridized carbons (Fsp3) is 0.0667. The van der Waals surface area contributed by atoms with Crippen molar-refractivity contribution in [1.29, 1.82) is 0 Å². The van der Waals surface area contributed by atoms with Crippen molar-refractivity contribution >= 4 is 40.0 Å². The molecule has 0 amide bonds. The lowest BCUT2D eigenvalue weighted by Crippen LogP contribution is -2.24. The van der Waals surface area contributed by atoms with E-state index in [1.807, 2.05) is 36.4 Å². The van der Waals surface area contributed by atoms with Crippen molar-refractivity contribution in [3.05, 3.63) is 42.6 Å². The van der Waals surface area contributed by atoms with Crippen LogP contribution < -0.4 is 16.4 Å². The molecule has 0 spiro atoms. The van der Waals surface area contributed by atoms with Gasteiger partial charge in [-0.05, 0) is 36.5 Å². The molecule has 0 saturated carbocycles. The van der Waals surface area contributed by atoms with Gasteiger partial charge in [-0.15, -0.1) is 0 Å². The molecule has 0 saturated heterocycles. The van der Waals surface area contributed by atoms with E-state index >= 15 is 0 Å². The van der Waals surface area contributed by atoms with Gasteiger partial charge < -0.3 is 16.4 Å². The number of nitrogens with one attached hydrogen (secondary N) is 2. The van der Waals surface area contributed by atoms with Crippen molar-refractivity contribution in [2.45, 2.75) is 0 Å². The molecule has 3 rings (SSSR count). The molecular weight excluding hydrogens is 296 g/mol. The molecule has 4 N–H and O–H groups in total. The molecule has 0 aliphatic rings. The quantitative estimate of drug-likeness (QED) is 0.494. The lowest BCUT2D eigenvalue weighted by Gasteiger charge is -2.07. The summed E-state index contributed by atoms with van der Waals surface area (Å²) in [6.45, 7) is 0. The number of hydrogen-bond donors (Lipinski definition) is 3. The van der Waals surface area contributed by atoms with Gasteiger partial charge in [-0.3, -0.25) is 4.98 Å². The number of benzene rings is 1. The standard InChI is InChI=1S/C15H14N6S/c1-17-15(22)21-13-7-6-11-14(20-13)19-12(8-18-11)9-2-4-10(16)5-3-9/h2-8H,16H2,1H3,(H2,17,19,20,21,22). The molecule has 0 aliphatic carbocycles. The summed E-state index contributed by atoms with van der Waals surface area (Å²) >= 11 is 5.06. The first-order valence-electron chi connectivity index (χ1n) is 6.64. The normalized spacial score (nSPS) is 10.4. The summed E-state index contributed by atoms with van der Waals surface area (Å²) in [5.74, 6) is 0.621. The summed E-state index contributed by atoms with van der Waals surface area (Å²) in [5, 5.41) is 6.31. The van der Waals surface area contributed by atoms with E-state index in [0.717, 1.165) is 16.8 Å². The van der Waals surface area contributed by atoms with E-state index in [1.165, 1.54) is 0 Å². The van der Waals surface area contributed by atoms with Gasteiger partial charge in [0, 0.05) is 18.3 Å². The van der Waals surface area contributed by atoms with E-state index in [9.17, 15) is 0 Å².